The van der Waals surface area contributed by atoms with E-state index in [0.717, 1.165) is 12.8 Å². The van der Waals surface area contributed by atoms with Crippen LogP contribution in [0.25, 0.3) is 0 Å². The first-order chi connectivity index (χ1) is 7.92. The molecule has 0 rings (SSSR count). The Labute approximate surface area is 104 Å². The van der Waals surface area contributed by atoms with Crippen molar-refractivity contribution in [2.75, 3.05) is 13.2 Å². The molecule has 5 heteroatoms. The molecule has 0 aliphatic carbocycles. The van der Waals surface area contributed by atoms with Gasteiger partial charge in [-0.25, -0.2) is 0 Å². The minimum atomic E-state index is -0.829. The van der Waals surface area contributed by atoms with Crippen molar-refractivity contribution in [2.24, 2.45) is 0 Å². The summed E-state index contributed by atoms with van der Waals surface area (Å²) in [5.41, 5.74) is -0.829. The fourth-order valence-electron chi connectivity index (χ4n) is 1.55. The maximum Gasteiger partial charge on any atom is 0.237 e. The van der Waals surface area contributed by atoms with E-state index >= 15 is 0 Å². The molecule has 0 aliphatic heterocycles. The topological polar surface area (TPSA) is 81.6 Å². The summed E-state index contributed by atoms with van der Waals surface area (Å²) in [4.78, 5) is 11.8. The second-order valence-electron chi connectivity index (χ2n) is 4.76. The zero-order valence-corrected chi connectivity index (χ0v) is 11.3. The van der Waals surface area contributed by atoms with E-state index in [0.29, 0.717) is 0 Å². The van der Waals surface area contributed by atoms with E-state index in [1.165, 1.54) is 0 Å². The van der Waals surface area contributed by atoms with E-state index in [-0.39, 0.29) is 25.2 Å². The van der Waals surface area contributed by atoms with Crippen LogP contribution in [0.5, 0.6) is 0 Å². The van der Waals surface area contributed by atoms with Crippen LogP contribution in [0.15, 0.2) is 0 Å². The Morgan fingerprint density at radius 1 is 1.24 bits per heavy atom. The van der Waals surface area contributed by atoms with Gasteiger partial charge in [0.1, 0.15) is 0 Å². The molecular weight excluding hydrogens is 220 g/mol. The SMILES string of the molecule is CCC(CC)NC(=O)C(C)NC(C)(CO)CO. The molecule has 17 heavy (non-hydrogen) atoms. The summed E-state index contributed by atoms with van der Waals surface area (Å²) >= 11 is 0. The van der Waals surface area contributed by atoms with Crippen LogP contribution < -0.4 is 10.6 Å². The van der Waals surface area contributed by atoms with E-state index in [2.05, 4.69) is 10.6 Å². The molecule has 0 aromatic carbocycles. The number of aliphatic hydroxyl groups excluding tert-OH is 2. The van der Waals surface area contributed by atoms with Gasteiger partial charge in [0.25, 0.3) is 0 Å². The van der Waals surface area contributed by atoms with Gasteiger partial charge in [0.05, 0.1) is 24.8 Å². The largest absolute Gasteiger partial charge is 0.394 e. The Morgan fingerprint density at radius 2 is 1.71 bits per heavy atom. The van der Waals surface area contributed by atoms with Crippen molar-refractivity contribution >= 4 is 5.91 Å². The highest BCUT2D eigenvalue weighted by Crippen LogP contribution is 2.04. The van der Waals surface area contributed by atoms with Gasteiger partial charge in [-0.05, 0) is 26.7 Å². The monoisotopic (exact) mass is 246 g/mol. The van der Waals surface area contributed by atoms with Crippen molar-refractivity contribution < 1.29 is 15.0 Å². The van der Waals surface area contributed by atoms with Crippen molar-refractivity contribution in [2.45, 2.75) is 58.2 Å². The summed E-state index contributed by atoms with van der Waals surface area (Å²) in [5.74, 6) is -0.105. The van der Waals surface area contributed by atoms with Crippen LogP contribution >= 0.6 is 0 Å². The summed E-state index contributed by atoms with van der Waals surface area (Å²) < 4.78 is 0. The highest BCUT2D eigenvalue weighted by Gasteiger charge is 2.27. The third-order valence-electron chi connectivity index (χ3n) is 2.99. The first-order valence-corrected chi connectivity index (χ1v) is 6.22. The molecule has 1 unspecified atom stereocenters. The van der Waals surface area contributed by atoms with E-state index in [1.54, 1.807) is 13.8 Å². The van der Waals surface area contributed by atoms with Crippen LogP contribution in [0.3, 0.4) is 0 Å². The summed E-state index contributed by atoms with van der Waals surface area (Å²) in [7, 11) is 0. The van der Waals surface area contributed by atoms with Crippen molar-refractivity contribution in [1.82, 2.24) is 10.6 Å². The van der Waals surface area contributed by atoms with Crippen LogP contribution in [0, 0.1) is 0 Å². The highest BCUT2D eigenvalue weighted by atomic mass is 16.3. The standard InChI is InChI=1S/C12H26N2O3/c1-5-10(6-2)13-11(17)9(3)14-12(4,7-15)8-16/h9-10,14-16H,5-8H2,1-4H3,(H,13,17). The number of amides is 1. The second-order valence-corrected chi connectivity index (χ2v) is 4.76. The van der Waals surface area contributed by atoms with Crippen molar-refractivity contribution in [3.8, 4) is 0 Å². The molecule has 1 amide bonds. The van der Waals surface area contributed by atoms with Crippen LogP contribution in [-0.4, -0.2) is 47.0 Å². The molecule has 0 fully saturated rings. The Kier molecular flexibility index (Phi) is 7.34. The molecule has 5 nitrogen and oxygen atoms in total. The molecule has 0 heterocycles. The van der Waals surface area contributed by atoms with E-state index < -0.39 is 11.6 Å². The van der Waals surface area contributed by atoms with E-state index in [1.807, 2.05) is 13.8 Å². The maximum absolute atomic E-state index is 11.8. The molecule has 4 N–H and O–H groups in total. The summed E-state index contributed by atoms with van der Waals surface area (Å²) in [5, 5.41) is 24.1. The molecule has 0 radical (unpaired) electrons. The van der Waals surface area contributed by atoms with Gasteiger partial charge in [-0.3, -0.25) is 10.1 Å². The van der Waals surface area contributed by atoms with Crippen LogP contribution in [-0.2, 0) is 4.79 Å². The predicted octanol–water partition coefficient (Wildman–Crippen LogP) is 0.0126. The molecule has 0 bridgehead atoms. The van der Waals surface area contributed by atoms with Gasteiger partial charge in [0, 0.05) is 6.04 Å². The number of aliphatic hydroxyl groups is 2. The average Bonchev–Trinajstić information content (AvgIpc) is 2.35. The fraction of sp³-hybridized carbons (Fsp3) is 0.917. The van der Waals surface area contributed by atoms with Gasteiger partial charge in [-0.2, -0.15) is 0 Å². The minimum absolute atomic E-state index is 0.105. The molecule has 0 aromatic rings. The molecular formula is C12H26N2O3. The minimum Gasteiger partial charge on any atom is -0.394 e. The number of rotatable bonds is 8. The Morgan fingerprint density at radius 3 is 2.06 bits per heavy atom. The zero-order chi connectivity index (χ0) is 13.5. The lowest BCUT2D eigenvalue weighted by Crippen LogP contribution is -2.57. The summed E-state index contributed by atoms with van der Waals surface area (Å²) in [6, 6.07) is -0.263. The first-order valence-electron chi connectivity index (χ1n) is 6.22. The van der Waals surface area contributed by atoms with Gasteiger partial charge >= 0.3 is 0 Å². The lowest BCUT2D eigenvalue weighted by atomic mass is 10.0. The first kappa shape index (κ1) is 16.4. The Balaban J connectivity index is 4.31. The number of hydrogen-bond acceptors (Lipinski definition) is 4. The molecule has 0 saturated carbocycles. The number of carbonyl (C=O) groups excluding carboxylic acids is 1. The number of carbonyl (C=O) groups is 1. The van der Waals surface area contributed by atoms with Gasteiger partial charge in [0.15, 0.2) is 0 Å². The van der Waals surface area contributed by atoms with Gasteiger partial charge < -0.3 is 15.5 Å². The lowest BCUT2D eigenvalue weighted by molar-refractivity contribution is -0.124. The molecule has 0 spiro atoms. The highest BCUT2D eigenvalue weighted by molar-refractivity contribution is 5.81. The Bertz CT molecular complexity index is 226. The molecule has 102 valence electrons. The van der Waals surface area contributed by atoms with E-state index in [9.17, 15) is 4.79 Å². The van der Waals surface area contributed by atoms with Crippen molar-refractivity contribution in [1.29, 1.82) is 0 Å². The van der Waals surface area contributed by atoms with Crippen molar-refractivity contribution in [3.05, 3.63) is 0 Å². The fourth-order valence-corrected chi connectivity index (χ4v) is 1.55. The molecule has 0 saturated heterocycles. The normalized spacial score (nSPS) is 13.8. The maximum atomic E-state index is 11.8. The Hall–Kier alpha value is -0.650. The molecule has 0 aromatic heterocycles. The predicted molar refractivity (Wildman–Crippen MR) is 67.7 cm³/mol. The summed E-state index contributed by atoms with van der Waals surface area (Å²) in [6.07, 6.45) is 1.79. The van der Waals surface area contributed by atoms with Crippen molar-refractivity contribution in [3.63, 3.8) is 0 Å². The number of hydrogen-bond donors (Lipinski definition) is 4. The summed E-state index contributed by atoms with van der Waals surface area (Å²) in [6.45, 7) is 7.02. The molecule has 1 atom stereocenters. The average molecular weight is 246 g/mol. The van der Waals surface area contributed by atoms with Crippen LogP contribution in [0.1, 0.15) is 40.5 Å². The third-order valence-corrected chi connectivity index (χ3v) is 2.99. The van der Waals surface area contributed by atoms with Gasteiger partial charge in [-0.15, -0.1) is 0 Å². The zero-order valence-electron chi connectivity index (χ0n) is 11.3. The quantitative estimate of drug-likeness (QED) is 0.486. The molecule has 0 aliphatic rings. The smallest absolute Gasteiger partial charge is 0.237 e. The lowest BCUT2D eigenvalue weighted by Gasteiger charge is -2.30. The van der Waals surface area contributed by atoms with Gasteiger partial charge in [-0.1, -0.05) is 13.8 Å². The van der Waals surface area contributed by atoms with Crippen LogP contribution in [0.4, 0.5) is 0 Å². The second kappa shape index (κ2) is 7.63. The number of nitrogens with one attached hydrogen (secondary N) is 2. The third kappa shape index (κ3) is 5.48. The van der Waals surface area contributed by atoms with Crippen LogP contribution in [0.2, 0.25) is 0 Å². The van der Waals surface area contributed by atoms with E-state index in [4.69, 9.17) is 10.2 Å². The van der Waals surface area contributed by atoms with Gasteiger partial charge in [0.2, 0.25) is 5.91 Å².